The number of nitrogens with zero attached hydrogens (tertiary/aromatic N) is 2. The molecule has 0 saturated carbocycles. The number of para-hydroxylation sites is 2. The van der Waals surface area contributed by atoms with Crippen LogP contribution >= 0.6 is 0 Å². The number of aliphatic hydroxyl groups is 1. The minimum absolute atomic E-state index is 0.0983. The lowest BCUT2D eigenvalue weighted by Gasteiger charge is -2.33. The molecule has 2 amide bonds. The second-order valence-corrected chi connectivity index (χ2v) is 8.35. The number of anilines is 1. The molecule has 0 bridgehead atoms. The topological polar surface area (TPSA) is 118 Å². The number of hydrogen-bond acceptors (Lipinski definition) is 8. The zero-order valence-electron chi connectivity index (χ0n) is 18.9. The summed E-state index contributed by atoms with van der Waals surface area (Å²) in [4.78, 5) is 14.6. The number of benzene rings is 1. The van der Waals surface area contributed by atoms with Gasteiger partial charge in [-0.15, -0.1) is 0 Å². The SMILES string of the molecule is COc1ccccc1NC(=O)NCC1OC(Cc2cc(CN3CCOCC3)on2)CCC1O. The standard InChI is InChI=1S/C23H32N4O6/c1-30-21-5-3-2-4-19(21)25-23(29)24-14-22-20(28)7-6-17(32-22)12-16-13-18(33-26-16)15-27-8-10-31-11-9-27/h2-5,13,17,20,22,28H,6-12,14-15H2,1H3,(H2,24,25,29). The smallest absolute Gasteiger partial charge is 0.319 e. The van der Waals surface area contributed by atoms with Gasteiger partial charge in [0, 0.05) is 32.1 Å². The van der Waals surface area contributed by atoms with Gasteiger partial charge in [0.05, 0.1) is 50.5 Å². The van der Waals surface area contributed by atoms with Gasteiger partial charge < -0.3 is 34.5 Å². The van der Waals surface area contributed by atoms with Gasteiger partial charge >= 0.3 is 6.03 Å². The number of hydrogen-bond donors (Lipinski definition) is 3. The van der Waals surface area contributed by atoms with Gasteiger partial charge in [0.1, 0.15) is 11.9 Å². The normalized spacial score (nSPS) is 23.8. The average Bonchev–Trinajstić information content (AvgIpc) is 3.27. The van der Waals surface area contributed by atoms with Crippen LogP contribution in [0.15, 0.2) is 34.9 Å². The molecule has 2 saturated heterocycles. The minimum Gasteiger partial charge on any atom is -0.495 e. The van der Waals surface area contributed by atoms with Gasteiger partial charge in [-0.1, -0.05) is 17.3 Å². The highest BCUT2D eigenvalue weighted by molar-refractivity contribution is 5.90. The van der Waals surface area contributed by atoms with Crippen molar-refractivity contribution >= 4 is 11.7 Å². The summed E-state index contributed by atoms with van der Waals surface area (Å²) < 4.78 is 22.2. The summed E-state index contributed by atoms with van der Waals surface area (Å²) in [5.41, 5.74) is 1.40. The number of carbonyl (C=O) groups excluding carboxylic acids is 1. The Kier molecular flexibility index (Phi) is 8.16. The molecule has 10 nitrogen and oxygen atoms in total. The lowest BCUT2D eigenvalue weighted by molar-refractivity contribution is -0.113. The molecule has 1 aromatic carbocycles. The van der Waals surface area contributed by atoms with E-state index < -0.39 is 12.2 Å². The Morgan fingerprint density at radius 1 is 1.27 bits per heavy atom. The summed E-state index contributed by atoms with van der Waals surface area (Å²) in [7, 11) is 1.55. The van der Waals surface area contributed by atoms with Gasteiger partial charge in [-0.2, -0.15) is 0 Å². The molecule has 0 aliphatic carbocycles. The molecule has 1 aromatic heterocycles. The molecule has 10 heteroatoms. The maximum absolute atomic E-state index is 12.3. The molecule has 3 unspecified atom stereocenters. The summed E-state index contributed by atoms with van der Waals surface area (Å²) in [6.07, 6.45) is 0.691. The lowest BCUT2D eigenvalue weighted by Crippen LogP contribution is -2.47. The van der Waals surface area contributed by atoms with Crippen molar-refractivity contribution < 1.29 is 28.6 Å². The van der Waals surface area contributed by atoms with Crippen molar-refractivity contribution in [2.24, 2.45) is 0 Å². The summed E-state index contributed by atoms with van der Waals surface area (Å²) in [5.74, 6) is 1.40. The quantitative estimate of drug-likeness (QED) is 0.546. The Morgan fingerprint density at radius 2 is 2.09 bits per heavy atom. The average molecular weight is 461 g/mol. The van der Waals surface area contributed by atoms with Crippen LogP contribution in [0.5, 0.6) is 5.75 Å². The van der Waals surface area contributed by atoms with Crippen molar-refractivity contribution in [1.82, 2.24) is 15.4 Å². The van der Waals surface area contributed by atoms with E-state index in [-0.39, 0.29) is 18.7 Å². The Morgan fingerprint density at radius 3 is 2.91 bits per heavy atom. The lowest BCUT2D eigenvalue weighted by atomic mass is 9.98. The second-order valence-electron chi connectivity index (χ2n) is 8.35. The van der Waals surface area contributed by atoms with Crippen molar-refractivity contribution in [3.05, 3.63) is 41.8 Å². The number of amides is 2. The highest BCUT2D eigenvalue weighted by atomic mass is 16.5. The largest absolute Gasteiger partial charge is 0.495 e. The molecule has 4 rings (SSSR count). The van der Waals surface area contributed by atoms with E-state index in [2.05, 4.69) is 20.7 Å². The van der Waals surface area contributed by atoms with Crippen molar-refractivity contribution in [2.45, 2.75) is 44.1 Å². The number of aliphatic hydroxyl groups excluding tert-OH is 1. The number of urea groups is 1. The third kappa shape index (κ3) is 6.67. The summed E-state index contributed by atoms with van der Waals surface area (Å²) in [6.45, 7) is 4.17. The fourth-order valence-corrected chi connectivity index (χ4v) is 4.13. The summed E-state index contributed by atoms with van der Waals surface area (Å²) >= 11 is 0. The molecule has 33 heavy (non-hydrogen) atoms. The highest BCUT2D eigenvalue weighted by Crippen LogP contribution is 2.24. The first-order chi connectivity index (χ1) is 16.1. The van der Waals surface area contributed by atoms with Crippen LogP contribution in [0.1, 0.15) is 24.3 Å². The van der Waals surface area contributed by atoms with Crippen LogP contribution < -0.4 is 15.4 Å². The van der Waals surface area contributed by atoms with Crippen LogP contribution in [-0.4, -0.2) is 79.5 Å². The molecule has 0 radical (unpaired) electrons. The maximum atomic E-state index is 12.3. The number of methoxy groups -OCH3 is 1. The third-order valence-electron chi connectivity index (χ3n) is 5.93. The monoisotopic (exact) mass is 460 g/mol. The third-order valence-corrected chi connectivity index (χ3v) is 5.93. The highest BCUT2D eigenvalue weighted by Gasteiger charge is 2.31. The zero-order chi connectivity index (χ0) is 23.0. The molecule has 3 N–H and O–H groups in total. The zero-order valence-corrected chi connectivity index (χ0v) is 18.9. The fraction of sp³-hybridized carbons (Fsp3) is 0.565. The van der Waals surface area contributed by atoms with Crippen LogP contribution in [0.3, 0.4) is 0 Å². The van der Waals surface area contributed by atoms with E-state index >= 15 is 0 Å². The molecule has 180 valence electrons. The number of aromatic nitrogens is 1. The molecular weight excluding hydrogens is 428 g/mol. The summed E-state index contributed by atoms with van der Waals surface area (Å²) in [5, 5.41) is 20.1. The Labute approximate surface area is 193 Å². The van der Waals surface area contributed by atoms with Gasteiger partial charge in [-0.25, -0.2) is 4.79 Å². The van der Waals surface area contributed by atoms with E-state index in [1.807, 2.05) is 18.2 Å². The molecule has 3 atom stereocenters. The van der Waals surface area contributed by atoms with Crippen molar-refractivity contribution in [1.29, 1.82) is 0 Å². The first kappa shape index (κ1) is 23.5. The number of carbonyl (C=O) groups is 1. The van der Waals surface area contributed by atoms with Gasteiger partial charge in [0.15, 0.2) is 5.76 Å². The van der Waals surface area contributed by atoms with Gasteiger partial charge in [0.25, 0.3) is 0 Å². The van der Waals surface area contributed by atoms with E-state index in [1.165, 1.54) is 0 Å². The van der Waals surface area contributed by atoms with Gasteiger partial charge in [-0.05, 0) is 25.0 Å². The van der Waals surface area contributed by atoms with E-state index in [0.29, 0.717) is 30.8 Å². The second kappa shape index (κ2) is 11.5. The Bertz CT molecular complexity index is 901. The van der Waals surface area contributed by atoms with Crippen molar-refractivity contribution in [2.75, 3.05) is 45.3 Å². The number of rotatable bonds is 8. The molecule has 2 aromatic rings. The van der Waals surface area contributed by atoms with E-state index in [0.717, 1.165) is 44.2 Å². The molecule has 0 spiro atoms. The van der Waals surface area contributed by atoms with Crippen LogP contribution in [0.2, 0.25) is 0 Å². The number of ether oxygens (including phenoxy) is 3. The van der Waals surface area contributed by atoms with E-state index in [1.54, 1.807) is 19.2 Å². The molecule has 2 aliphatic rings. The molecule has 2 aliphatic heterocycles. The van der Waals surface area contributed by atoms with Gasteiger partial charge in [0.2, 0.25) is 0 Å². The first-order valence-electron chi connectivity index (χ1n) is 11.4. The van der Waals surface area contributed by atoms with Crippen molar-refractivity contribution in [3.8, 4) is 5.75 Å². The van der Waals surface area contributed by atoms with Crippen LogP contribution in [0, 0.1) is 0 Å². The van der Waals surface area contributed by atoms with Crippen LogP contribution in [0.4, 0.5) is 10.5 Å². The number of nitrogens with one attached hydrogen (secondary N) is 2. The van der Waals surface area contributed by atoms with Crippen LogP contribution in [0.25, 0.3) is 0 Å². The van der Waals surface area contributed by atoms with Crippen molar-refractivity contribution in [3.63, 3.8) is 0 Å². The molecular formula is C23H32N4O6. The fourth-order valence-electron chi connectivity index (χ4n) is 4.13. The molecule has 2 fully saturated rings. The Balaban J connectivity index is 1.24. The van der Waals surface area contributed by atoms with E-state index in [9.17, 15) is 9.90 Å². The maximum Gasteiger partial charge on any atom is 0.319 e. The van der Waals surface area contributed by atoms with Crippen LogP contribution in [-0.2, 0) is 22.4 Å². The first-order valence-corrected chi connectivity index (χ1v) is 11.4. The predicted octanol–water partition coefficient (Wildman–Crippen LogP) is 1.79. The number of morpholine rings is 1. The summed E-state index contributed by atoms with van der Waals surface area (Å²) in [6, 6.07) is 8.75. The predicted molar refractivity (Wildman–Crippen MR) is 120 cm³/mol. The van der Waals surface area contributed by atoms with E-state index in [4.69, 9.17) is 18.7 Å². The molecule has 3 heterocycles. The minimum atomic E-state index is -0.637. The Hall–Kier alpha value is -2.66. The van der Waals surface area contributed by atoms with Gasteiger partial charge in [-0.3, -0.25) is 4.90 Å².